The van der Waals surface area contributed by atoms with Crippen molar-refractivity contribution in [2.75, 3.05) is 6.51 Å². The average Bonchev–Trinajstić information content (AvgIpc) is 1.91. The van der Waals surface area contributed by atoms with Crippen LogP contribution in [0.3, 0.4) is 0 Å². The summed E-state index contributed by atoms with van der Waals surface area (Å²) in [5.41, 5.74) is 0. The maximum atomic E-state index is 5.21. The van der Waals surface area contributed by atoms with Crippen molar-refractivity contribution in [2.45, 2.75) is 0 Å². The van der Waals surface area contributed by atoms with Crippen LogP contribution in [0.1, 0.15) is 0 Å². The zero-order chi connectivity index (χ0) is 6.53. The van der Waals surface area contributed by atoms with Crippen molar-refractivity contribution in [3.05, 3.63) is 30.3 Å². The molecule has 0 aliphatic rings. The van der Waals surface area contributed by atoms with Gasteiger partial charge in [-0.3, -0.25) is 0 Å². The molecule has 46 valence electrons. The fourth-order valence-electron chi connectivity index (χ4n) is 0.683. The third-order valence-electron chi connectivity index (χ3n) is 1.05. The van der Waals surface area contributed by atoms with Gasteiger partial charge in [-0.1, -0.05) is 18.2 Å². The van der Waals surface area contributed by atoms with Crippen molar-refractivity contribution in [1.82, 2.24) is 0 Å². The zero-order valence-electron chi connectivity index (χ0n) is 5.50. The molecule has 0 N–H and O–H groups in total. The highest BCUT2D eigenvalue weighted by Gasteiger charge is 1.83. The van der Waals surface area contributed by atoms with E-state index in [1.807, 2.05) is 38.2 Å². The first kappa shape index (κ1) is 6.21. The normalized spacial score (nSPS) is 8.89. The molecule has 0 radical (unpaired) electrons. The number of rotatable bonds is 2. The third kappa shape index (κ3) is 1.80. The Labute approximate surface area is 56.1 Å². The van der Waals surface area contributed by atoms with E-state index in [2.05, 4.69) is 0 Å². The monoisotopic (exact) mass is 120 g/mol. The summed E-state index contributed by atoms with van der Waals surface area (Å²) in [6.45, 7) is 0.740. The van der Waals surface area contributed by atoms with Crippen molar-refractivity contribution in [3.8, 4) is 5.75 Å². The highest BCUT2D eigenvalue weighted by atomic mass is 16.5. The lowest BCUT2D eigenvalue weighted by atomic mass is 10.2. The predicted octanol–water partition coefficient (Wildman–Crippen LogP) is 0.656. The second-order valence-corrected chi connectivity index (χ2v) is 1.75. The topological polar surface area (TPSA) is 9.23 Å². The Morgan fingerprint density at radius 1 is 1.22 bits per heavy atom. The van der Waals surface area contributed by atoms with Crippen LogP contribution in [-0.4, -0.2) is 14.4 Å². The van der Waals surface area contributed by atoms with Gasteiger partial charge in [-0.25, -0.2) is 0 Å². The van der Waals surface area contributed by atoms with Gasteiger partial charge < -0.3 is 4.74 Å². The van der Waals surface area contributed by atoms with E-state index >= 15 is 0 Å². The summed E-state index contributed by atoms with van der Waals surface area (Å²) in [6, 6.07) is 9.80. The van der Waals surface area contributed by atoms with Crippen LogP contribution in [0.25, 0.3) is 0 Å². The second kappa shape index (κ2) is 3.18. The van der Waals surface area contributed by atoms with Gasteiger partial charge >= 0.3 is 0 Å². The zero-order valence-corrected chi connectivity index (χ0v) is 5.50. The largest absolute Gasteiger partial charge is 0.503 e. The molecule has 0 unspecified atom stereocenters. The summed E-state index contributed by atoms with van der Waals surface area (Å²) in [5.74, 6) is 0.944. The van der Waals surface area contributed by atoms with Crippen molar-refractivity contribution >= 4 is 7.85 Å². The highest BCUT2D eigenvalue weighted by molar-refractivity contribution is 6.08. The van der Waals surface area contributed by atoms with Gasteiger partial charge in [0.25, 0.3) is 0 Å². The van der Waals surface area contributed by atoms with E-state index in [9.17, 15) is 0 Å². The van der Waals surface area contributed by atoms with Crippen LogP contribution in [0, 0.1) is 0 Å². The highest BCUT2D eigenvalue weighted by Crippen LogP contribution is 2.06. The Morgan fingerprint density at radius 3 is 2.44 bits per heavy atom. The predicted molar refractivity (Wildman–Crippen MR) is 40.5 cm³/mol. The Balaban J connectivity index is 2.61. The molecule has 1 aromatic rings. The van der Waals surface area contributed by atoms with E-state index in [1.165, 1.54) is 0 Å². The molecule has 0 spiro atoms. The molecule has 0 aliphatic carbocycles. The van der Waals surface area contributed by atoms with E-state index in [-0.39, 0.29) is 0 Å². The van der Waals surface area contributed by atoms with E-state index < -0.39 is 0 Å². The fraction of sp³-hybridized carbons (Fsp3) is 0.143. The van der Waals surface area contributed by atoms with Crippen LogP contribution in [0.4, 0.5) is 0 Å². The van der Waals surface area contributed by atoms with Crippen LogP contribution >= 0.6 is 0 Å². The summed E-state index contributed by atoms with van der Waals surface area (Å²) < 4.78 is 5.21. The third-order valence-corrected chi connectivity index (χ3v) is 1.05. The molecule has 0 atom stereocenters. The molecule has 1 aromatic carbocycles. The Hall–Kier alpha value is -0.915. The molecule has 9 heavy (non-hydrogen) atoms. The summed E-state index contributed by atoms with van der Waals surface area (Å²) in [6.07, 6.45) is 0. The number of para-hydroxylation sites is 1. The van der Waals surface area contributed by atoms with Crippen LogP contribution in [0.5, 0.6) is 5.75 Å². The van der Waals surface area contributed by atoms with Crippen molar-refractivity contribution in [2.24, 2.45) is 0 Å². The van der Waals surface area contributed by atoms with E-state index in [4.69, 9.17) is 4.74 Å². The minimum Gasteiger partial charge on any atom is -0.503 e. The van der Waals surface area contributed by atoms with Gasteiger partial charge in [0.2, 0.25) is 0 Å². The second-order valence-electron chi connectivity index (χ2n) is 1.75. The molecule has 0 amide bonds. The number of benzene rings is 1. The molecular formula is C7H9BO. The minimum atomic E-state index is 0.740. The average molecular weight is 120 g/mol. The lowest BCUT2D eigenvalue weighted by molar-refractivity contribution is 0.387. The standard InChI is InChI=1S/C7H9BO/c8-6-9-7-4-2-1-3-5-7/h1-5H,6,8H2. The van der Waals surface area contributed by atoms with Crippen molar-refractivity contribution in [1.29, 1.82) is 0 Å². The van der Waals surface area contributed by atoms with Gasteiger partial charge in [-0.05, 0) is 12.1 Å². The summed E-state index contributed by atoms with van der Waals surface area (Å²) in [7, 11) is 1.98. The molecule has 0 fully saturated rings. The Bertz CT molecular complexity index is 162. The summed E-state index contributed by atoms with van der Waals surface area (Å²) in [5, 5.41) is 0. The number of hydrogen-bond donors (Lipinski definition) is 0. The smallest absolute Gasteiger partial charge is 0.150 e. The Kier molecular flexibility index (Phi) is 2.19. The molecule has 0 saturated carbocycles. The van der Waals surface area contributed by atoms with Crippen molar-refractivity contribution < 1.29 is 4.74 Å². The van der Waals surface area contributed by atoms with E-state index in [1.54, 1.807) is 0 Å². The van der Waals surface area contributed by atoms with Crippen LogP contribution in [0.2, 0.25) is 0 Å². The Morgan fingerprint density at radius 2 is 1.89 bits per heavy atom. The lowest BCUT2D eigenvalue weighted by Gasteiger charge is -1.99. The molecular weight excluding hydrogens is 111 g/mol. The number of ether oxygens (including phenoxy) is 1. The maximum Gasteiger partial charge on any atom is 0.150 e. The van der Waals surface area contributed by atoms with E-state index in [0.717, 1.165) is 12.3 Å². The van der Waals surface area contributed by atoms with Gasteiger partial charge in [-0.15, -0.1) is 0 Å². The molecule has 1 nitrogen and oxygen atoms in total. The van der Waals surface area contributed by atoms with Gasteiger partial charge in [0.1, 0.15) is 5.75 Å². The SMILES string of the molecule is BCOc1ccccc1. The van der Waals surface area contributed by atoms with Crippen LogP contribution in [0.15, 0.2) is 30.3 Å². The van der Waals surface area contributed by atoms with E-state index in [0.29, 0.717) is 0 Å². The molecule has 1 rings (SSSR count). The first-order chi connectivity index (χ1) is 4.43. The molecule has 0 aliphatic heterocycles. The number of hydrogen-bond acceptors (Lipinski definition) is 1. The first-order valence-corrected chi connectivity index (χ1v) is 3.11. The summed E-state index contributed by atoms with van der Waals surface area (Å²) >= 11 is 0. The van der Waals surface area contributed by atoms with Gasteiger partial charge in [0.15, 0.2) is 7.85 Å². The molecule has 2 heteroatoms. The molecule has 0 saturated heterocycles. The minimum absolute atomic E-state index is 0.740. The molecule has 0 bridgehead atoms. The first-order valence-electron chi connectivity index (χ1n) is 3.11. The quantitative estimate of drug-likeness (QED) is 0.520. The fourth-order valence-corrected chi connectivity index (χ4v) is 0.683. The van der Waals surface area contributed by atoms with Gasteiger partial charge in [-0.2, -0.15) is 0 Å². The van der Waals surface area contributed by atoms with Gasteiger partial charge in [0.05, 0.1) is 6.51 Å². The maximum absolute atomic E-state index is 5.21. The van der Waals surface area contributed by atoms with Crippen LogP contribution in [-0.2, 0) is 0 Å². The molecule has 0 aromatic heterocycles. The summed E-state index contributed by atoms with van der Waals surface area (Å²) in [4.78, 5) is 0. The van der Waals surface area contributed by atoms with Gasteiger partial charge in [0, 0.05) is 0 Å². The van der Waals surface area contributed by atoms with Crippen LogP contribution < -0.4 is 4.74 Å². The molecule has 0 heterocycles. The lowest BCUT2D eigenvalue weighted by Crippen LogP contribution is -1.94. The van der Waals surface area contributed by atoms with Crippen molar-refractivity contribution in [3.63, 3.8) is 0 Å².